The summed E-state index contributed by atoms with van der Waals surface area (Å²) in [5, 5.41) is 15.9. The summed E-state index contributed by atoms with van der Waals surface area (Å²) < 4.78 is 44.4. The standard InChI is InChI=1S/C21H19F3N4O6/c1-3-34-14-7-8-15(16(10-14)28(32)33)25-17(29)11-27-18(30)20(2,26-19(27)31)12-5-4-6-13(9-12)21(22,23)24/h4-10H,3,11H2,1-2H3,(H,25,29)(H,26,31). The molecule has 2 N–H and O–H groups in total. The molecule has 2 aromatic carbocycles. The van der Waals surface area contributed by atoms with Crippen molar-refractivity contribution in [2.75, 3.05) is 18.5 Å². The number of anilines is 1. The van der Waals surface area contributed by atoms with Crippen LogP contribution in [0.4, 0.5) is 29.3 Å². The molecule has 1 saturated heterocycles. The van der Waals surface area contributed by atoms with E-state index in [1.54, 1.807) is 6.92 Å². The lowest BCUT2D eigenvalue weighted by molar-refractivity contribution is -0.384. The highest BCUT2D eigenvalue weighted by atomic mass is 19.4. The van der Waals surface area contributed by atoms with Crippen molar-refractivity contribution < 1.29 is 37.2 Å². The van der Waals surface area contributed by atoms with Gasteiger partial charge in [0.25, 0.3) is 11.6 Å². The zero-order valence-electron chi connectivity index (χ0n) is 17.9. The number of nitro benzene ring substituents is 1. The maximum atomic E-state index is 13.1. The van der Waals surface area contributed by atoms with Gasteiger partial charge >= 0.3 is 12.2 Å². The molecular formula is C21H19F3N4O6. The Morgan fingerprint density at radius 2 is 1.94 bits per heavy atom. The number of ether oxygens (including phenoxy) is 1. The van der Waals surface area contributed by atoms with Gasteiger partial charge in [0.15, 0.2) is 0 Å². The number of hydrogen-bond acceptors (Lipinski definition) is 6. The highest BCUT2D eigenvalue weighted by molar-refractivity contribution is 6.10. The summed E-state index contributed by atoms with van der Waals surface area (Å²) in [5.41, 5.74) is -3.63. The molecule has 0 aromatic heterocycles. The number of urea groups is 1. The zero-order chi connectivity index (χ0) is 25.3. The van der Waals surface area contributed by atoms with Gasteiger partial charge in [-0.2, -0.15) is 13.2 Å². The second-order valence-corrected chi connectivity index (χ2v) is 7.44. The number of hydrogen-bond donors (Lipinski definition) is 2. The van der Waals surface area contributed by atoms with Crippen LogP contribution in [0.3, 0.4) is 0 Å². The van der Waals surface area contributed by atoms with Crippen LogP contribution in [-0.4, -0.2) is 40.8 Å². The largest absolute Gasteiger partial charge is 0.494 e. The maximum Gasteiger partial charge on any atom is 0.416 e. The molecule has 1 atom stereocenters. The molecule has 1 heterocycles. The van der Waals surface area contributed by atoms with Crippen LogP contribution < -0.4 is 15.4 Å². The minimum absolute atomic E-state index is 0.120. The molecule has 2 aromatic rings. The lowest BCUT2D eigenvalue weighted by atomic mass is 9.90. The smallest absolute Gasteiger partial charge is 0.416 e. The highest BCUT2D eigenvalue weighted by Gasteiger charge is 2.50. The lowest BCUT2D eigenvalue weighted by Gasteiger charge is -2.23. The van der Waals surface area contributed by atoms with Gasteiger partial charge < -0.3 is 15.4 Å². The molecule has 0 saturated carbocycles. The summed E-state index contributed by atoms with van der Waals surface area (Å²) >= 11 is 0. The molecule has 1 aliphatic rings. The van der Waals surface area contributed by atoms with Crippen molar-refractivity contribution in [3.63, 3.8) is 0 Å². The number of carbonyl (C=O) groups is 3. The molecule has 3 rings (SSSR count). The first-order valence-electron chi connectivity index (χ1n) is 9.89. The number of nitrogens with zero attached hydrogens (tertiary/aromatic N) is 2. The average Bonchev–Trinajstić information content (AvgIpc) is 2.98. The number of nitro groups is 1. The van der Waals surface area contributed by atoms with Crippen LogP contribution in [0.5, 0.6) is 5.75 Å². The quantitative estimate of drug-likeness (QED) is 0.355. The third-order valence-electron chi connectivity index (χ3n) is 5.09. The van der Waals surface area contributed by atoms with Crippen molar-refractivity contribution in [2.45, 2.75) is 25.6 Å². The number of amides is 4. The van der Waals surface area contributed by atoms with Crippen LogP contribution in [-0.2, 0) is 21.3 Å². The Bertz CT molecular complexity index is 1170. The molecule has 13 heteroatoms. The first-order chi connectivity index (χ1) is 15.9. The van der Waals surface area contributed by atoms with E-state index < -0.39 is 52.3 Å². The van der Waals surface area contributed by atoms with Crippen molar-refractivity contribution in [2.24, 2.45) is 0 Å². The van der Waals surface area contributed by atoms with Gasteiger partial charge in [-0.25, -0.2) is 4.79 Å². The van der Waals surface area contributed by atoms with E-state index in [4.69, 9.17) is 4.74 Å². The summed E-state index contributed by atoms with van der Waals surface area (Å²) in [4.78, 5) is 49.0. The summed E-state index contributed by atoms with van der Waals surface area (Å²) in [7, 11) is 0. The van der Waals surface area contributed by atoms with Crippen molar-refractivity contribution in [3.8, 4) is 5.75 Å². The molecule has 0 bridgehead atoms. The maximum absolute atomic E-state index is 13.1. The molecule has 180 valence electrons. The molecule has 10 nitrogen and oxygen atoms in total. The lowest BCUT2D eigenvalue weighted by Crippen LogP contribution is -2.42. The Balaban J connectivity index is 1.80. The number of carbonyl (C=O) groups excluding carboxylic acids is 3. The van der Waals surface area contributed by atoms with Crippen LogP contribution in [0.2, 0.25) is 0 Å². The third kappa shape index (κ3) is 4.77. The number of halogens is 3. The van der Waals surface area contributed by atoms with Gasteiger partial charge in [0.05, 0.1) is 23.2 Å². The normalized spacial score (nSPS) is 18.0. The summed E-state index contributed by atoms with van der Waals surface area (Å²) in [6, 6.07) is 6.65. The first-order valence-corrected chi connectivity index (χ1v) is 9.89. The summed E-state index contributed by atoms with van der Waals surface area (Å²) in [6.45, 7) is 2.36. The minimum Gasteiger partial charge on any atom is -0.494 e. The van der Waals surface area contributed by atoms with E-state index >= 15 is 0 Å². The number of alkyl halides is 3. The van der Waals surface area contributed by atoms with E-state index in [0.717, 1.165) is 24.3 Å². The molecule has 1 unspecified atom stereocenters. The monoisotopic (exact) mass is 480 g/mol. The molecule has 1 fully saturated rings. The van der Waals surface area contributed by atoms with Crippen LogP contribution in [0.15, 0.2) is 42.5 Å². The predicted molar refractivity (Wildman–Crippen MR) is 112 cm³/mol. The van der Waals surface area contributed by atoms with Gasteiger partial charge in [0.2, 0.25) is 5.91 Å². The van der Waals surface area contributed by atoms with Crippen molar-refractivity contribution in [1.82, 2.24) is 10.2 Å². The first kappa shape index (κ1) is 24.5. The van der Waals surface area contributed by atoms with Gasteiger partial charge in [-0.1, -0.05) is 12.1 Å². The summed E-state index contributed by atoms with van der Waals surface area (Å²) in [6.07, 6.45) is -4.66. The topological polar surface area (TPSA) is 131 Å². The Labute approximate surface area is 190 Å². The molecule has 34 heavy (non-hydrogen) atoms. The second kappa shape index (κ2) is 9.00. The fraction of sp³-hybridized carbons (Fsp3) is 0.286. The van der Waals surface area contributed by atoms with Gasteiger partial charge in [0, 0.05) is 0 Å². The van der Waals surface area contributed by atoms with Crippen molar-refractivity contribution >= 4 is 29.2 Å². The average molecular weight is 480 g/mol. The number of benzene rings is 2. The van der Waals surface area contributed by atoms with Crippen LogP contribution in [0.1, 0.15) is 25.0 Å². The SMILES string of the molecule is CCOc1ccc(NC(=O)CN2C(=O)NC(C)(c3cccc(C(F)(F)F)c3)C2=O)c([N+](=O)[O-])c1. The minimum atomic E-state index is -4.66. The third-order valence-corrected chi connectivity index (χ3v) is 5.09. The zero-order valence-corrected chi connectivity index (χ0v) is 17.9. The van der Waals surface area contributed by atoms with Crippen molar-refractivity contribution in [3.05, 3.63) is 63.7 Å². The van der Waals surface area contributed by atoms with E-state index in [0.29, 0.717) is 4.90 Å². The molecule has 0 aliphatic carbocycles. The van der Waals surface area contributed by atoms with Crippen LogP contribution in [0, 0.1) is 10.1 Å². The highest BCUT2D eigenvalue weighted by Crippen LogP contribution is 2.35. The van der Waals surface area contributed by atoms with E-state index in [-0.39, 0.29) is 23.6 Å². The fourth-order valence-electron chi connectivity index (χ4n) is 3.40. The van der Waals surface area contributed by atoms with Crippen LogP contribution in [0.25, 0.3) is 0 Å². The molecule has 0 radical (unpaired) electrons. The Morgan fingerprint density at radius 1 is 1.24 bits per heavy atom. The Kier molecular flexibility index (Phi) is 6.48. The summed E-state index contributed by atoms with van der Waals surface area (Å²) in [5.74, 6) is -1.67. The van der Waals surface area contributed by atoms with Crippen LogP contribution >= 0.6 is 0 Å². The van der Waals surface area contributed by atoms with Gasteiger partial charge in [-0.05, 0) is 43.7 Å². The fourth-order valence-corrected chi connectivity index (χ4v) is 3.40. The number of imide groups is 1. The molecule has 4 amide bonds. The van der Waals surface area contributed by atoms with Crippen molar-refractivity contribution in [1.29, 1.82) is 0 Å². The van der Waals surface area contributed by atoms with E-state index in [9.17, 15) is 37.7 Å². The van der Waals surface area contributed by atoms with Gasteiger partial charge in [-0.15, -0.1) is 0 Å². The number of rotatable bonds is 7. The second-order valence-electron chi connectivity index (χ2n) is 7.44. The van der Waals surface area contributed by atoms with Gasteiger partial charge in [0.1, 0.15) is 23.5 Å². The van der Waals surface area contributed by atoms with E-state index in [1.807, 2.05) is 0 Å². The van der Waals surface area contributed by atoms with E-state index in [2.05, 4.69) is 10.6 Å². The predicted octanol–water partition coefficient (Wildman–Crippen LogP) is 3.42. The van der Waals surface area contributed by atoms with E-state index in [1.165, 1.54) is 25.1 Å². The Morgan fingerprint density at radius 3 is 2.56 bits per heavy atom. The number of nitrogens with one attached hydrogen (secondary N) is 2. The van der Waals surface area contributed by atoms with Gasteiger partial charge in [-0.3, -0.25) is 24.6 Å². The molecular weight excluding hydrogens is 461 g/mol. The Hall–Kier alpha value is -4.16. The molecule has 1 aliphatic heterocycles. The molecule has 0 spiro atoms.